The molecule has 152 valence electrons. The average Bonchev–Trinajstić information content (AvgIpc) is 2.73. The number of hydrogen-bond acceptors (Lipinski definition) is 8. The number of nitrogens with one attached hydrogen (secondary N) is 3. The molecule has 0 aliphatic rings. The fraction of sp³-hybridized carbons (Fsp3) is 0.167. The maximum atomic E-state index is 12.3. The number of anilines is 3. The normalized spacial score (nSPS) is 11.1. The number of methoxy groups -OCH3 is 1. The van der Waals surface area contributed by atoms with E-state index in [0.717, 1.165) is 5.69 Å². The van der Waals surface area contributed by atoms with E-state index in [0.29, 0.717) is 23.9 Å². The number of nitrogens with zero attached hydrogens (tertiary/aromatic N) is 3. The summed E-state index contributed by atoms with van der Waals surface area (Å²) >= 11 is 5.99. The van der Waals surface area contributed by atoms with Crippen molar-refractivity contribution < 1.29 is 13.2 Å². The van der Waals surface area contributed by atoms with E-state index in [4.69, 9.17) is 16.3 Å². The van der Waals surface area contributed by atoms with Crippen LogP contribution in [0.3, 0.4) is 0 Å². The highest BCUT2D eigenvalue weighted by Gasteiger charge is 2.15. The number of pyridine rings is 1. The van der Waals surface area contributed by atoms with Gasteiger partial charge in [0.2, 0.25) is 10.0 Å². The Kier molecular flexibility index (Phi) is 6.81. The maximum absolute atomic E-state index is 12.3. The Morgan fingerprint density at radius 2 is 1.86 bits per heavy atom. The molecule has 0 amide bonds. The number of halogens is 1. The van der Waals surface area contributed by atoms with Crippen LogP contribution in [0.15, 0.2) is 59.8 Å². The van der Waals surface area contributed by atoms with Gasteiger partial charge in [-0.05, 0) is 42.5 Å². The van der Waals surface area contributed by atoms with Gasteiger partial charge in [0.15, 0.2) is 5.82 Å². The lowest BCUT2D eigenvalue weighted by Crippen LogP contribution is -2.29. The Morgan fingerprint density at radius 1 is 1.07 bits per heavy atom. The molecule has 3 aromatic rings. The van der Waals surface area contributed by atoms with Crippen LogP contribution in [0.5, 0.6) is 5.75 Å². The van der Waals surface area contributed by atoms with Crippen LogP contribution < -0.4 is 20.1 Å². The molecule has 1 aromatic carbocycles. The van der Waals surface area contributed by atoms with E-state index in [2.05, 4.69) is 30.5 Å². The number of benzene rings is 1. The molecule has 0 aliphatic heterocycles. The van der Waals surface area contributed by atoms with Crippen molar-refractivity contribution >= 4 is 38.9 Å². The van der Waals surface area contributed by atoms with Crippen LogP contribution in [-0.4, -0.2) is 43.8 Å². The van der Waals surface area contributed by atoms with Crippen LogP contribution in [0, 0.1) is 0 Å². The van der Waals surface area contributed by atoms with Gasteiger partial charge in [-0.15, -0.1) is 10.2 Å². The summed E-state index contributed by atoms with van der Waals surface area (Å²) < 4.78 is 32.2. The van der Waals surface area contributed by atoms with Crippen molar-refractivity contribution in [3.8, 4) is 5.75 Å². The van der Waals surface area contributed by atoms with Crippen molar-refractivity contribution in [2.75, 3.05) is 30.8 Å². The molecule has 0 saturated heterocycles. The van der Waals surface area contributed by atoms with Gasteiger partial charge in [-0.1, -0.05) is 11.6 Å². The summed E-state index contributed by atoms with van der Waals surface area (Å²) in [5.41, 5.74) is 0.801. The van der Waals surface area contributed by atoms with Gasteiger partial charge < -0.3 is 15.4 Å². The highest BCUT2D eigenvalue weighted by atomic mass is 35.5. The third-order valence-corrected chi connectivity index (χ3v) is 5.51. The second kappa shape index (κ2) is 9.50. The summed E-state index contributed by atoms with van der Waals surface area (Å²) in [7, 11) is -2.22. The predicted octanol–water partition coefficient (Wildman–Crippen LogP) is 2.67. The smallest absolute Gasteiger partial charge is 0.240 e. The van der Waals surface area contributed by atoms with Gasteiger partial charge in [0.1, 0.15) is 11.6 Å². The molecular formula is C18H19ClN6O3S. The summed E-state index contributed by atoms with van der Waals surface area (Å²) in [5, 5.41) is 14.4. The van der Waals surface area contributed by atoms with Crippen LogP contribution >= 0.6 is 11.6 Å². The molecule has 2 aromatic heterocycles. The fourth-order valence-corrected chi connectivity index (χ4v) is 3.73. The molecule has 0 saturated carbocycles. The average molecular weight is 435 g/mol. The van der Waals surface area contributed by atoms with Crippen molar-refractivity contribution in [2.24, 2.45) is 0 Å². The van der Waals surface area contributed by atoms with Crippen LogP contribution in [0.25, 0.3) is 0 Å². The Balaban J connectivity index is 1.49. The summed E-state index contributed by atoms with van der Waals surface area (Å²) in [4.78, 5) is 4.07. The van der Waals surface area contributed by atoms with Crippen LogP contribution in [0.4, 0.5) is 17.3 Å². The standard InChI is InChI=1S/C18H19ClN6O3S/c1-28-16-5-4-14(11-15(16)19)29(26,27)22-10-9-21-17-6-7-18(25-24-17)23-13-3-2-8-20-12-13/h2-8,11-12,22H,9-10H2,1H3,(H,21,24)(H,23,25). The SMILES string of the molecule is COc1ccc(S(=O)(=O)NCCNc2ccc(Nc3cccnc3)nn2)cc1Cl. The van der Waals surface area contributed by atoms with Gasteiger partial charge in [-0.3, -0.25) is 4.98 Å². The van der Waals surface area contributed by atoms with Gasteiger partial charge in [0.05, 0.1) is 28.9 Å². The van der Waals surface area contributed by atoms with E-state index < -0.39 is 10.0 Å². The number of ether oxygens (including phenoxy) is 1. The zero-order chi connectivity index (χ0) is 20.7. The first-order valence-electron chi connectivity index (χ1n) is 8.56. The van der Waals surface area contributed by atoms with E-state index in [-0.39, 0.29) is 16.5 Å². The number of sulfonamides is 1. The minimum absolute atomic E-state index is 0.0638. The minimum atomic E-state index is -3.69. The summed E-state index contributed by atoms with van der Waals surface area (Å²) in [6, 6.07) is 11.5. The number of rotatable bonds is 9. The first-order valence-corrected chi connectivity index (χ1v) is 10.4. The highest BCUT2D eigenvalue weighted by Crippen LogP contribution is 2.26. The number of hydrogen-bond donors (Lipinski definition) is 3. The molecule has 0 fully saturated rings. The van der Waals surface area contributed by atoms with Gasteiger partial charge in [0, 0.05) is 19.3 Å². The molecular weight excluding hydrogens is 416 g/mol. The van der Waals surface area contributed by atoms with Gasteiger partial charge in [-0.2, -0.15) is 0 Å². The van der Waals surface area contributed by atoms with Gasteiger partial charge >= 0.3 is 0 Å². The second-order valence-corrected chi connectivity index (χ2v) is 7.97. The van der Waals surface area contributed by atoms with E-state index in [1.807, 2.05) is 12.1 Å². The minimum Gasteiger partial charge on any atom is -0.495 e. The molecule has 3 N–H and O–H groups in total. The predicted molar refractivity (Wildman–Crippen MR) is 111 cm³/mol. The largest absolute Gasteiger partial charge is 0.495 e. The molecule has 0 atom stereocenters. The van der Waals surface area contributed by atoms with E-state index >= 15 is 0 Å². The molecule has 0 radical (unpaired) electrons. The topological polar surface area (TPSA) is 118 Å². The lowest BCUT2D eigenvalue weighted by molar-refractivity contribution is 0.414. The van der Waals surface area contributed by atoms with E-state index in [1.54, 1.807) is 24.5 Å². The van der Waals surface area contributed by atoms with Crippen LogP contribution in [0.1, 0.15) is 0 Å². The van der Waals surface area contributed by atoms with Crippen molar-refractivity contribution in [3.63, 3.8) is 0 Å². The number of aromatic nitrogens is 3. The molecule has 2 heterocycles. The van der Waals surface area contributed by atoms with Crippen LogP contribution in [0.2, 0.25) is 5.02 Å². The molecule has 0 bridgehead atoms. The third kappa shape index (κ3) is 5.76. The molecule has 0 aliphatic carbocycles. The van der Waals surface area contributed by atoms with E-state index in [1.165, 1.54) is 25.3 Å². The quantitative estimate of drug-likeness (QED) is 0.440. The van der Waals surface area contributed by atoms with Crippen molar-refractivity contribution in [1.29, 1.82) is 0 Å². The second-order valence-electron chi connectivity index (χ2n) is 5.79. The first-order chi connectivity index (χ1) is 14.0. The van der Waals surface area contributed by atoms with Crippen molar-refractivity contribution in [3.05, 3.63) is 59.9 Å². The molecule has 9 nitrogen and oxygen atoms in total. The fourth-order valence-electron chi connectivity index (χ4n) is 2.35. The Hall–Kier alpha value is -2.95. The lowest BCUT2D eigenvalue weighted by Gasteiger charge is -2.10. The Bertz CT molecular complexity index is 1050. The summed E-state index contributed by atoms with van der Waals surface area (Å²) in [6.45, 7) is 0.483. The van der Waals surface area contributed by atoms with Gasteiger partial charge in [-0.25, -0.2) is 13.1 Å². The lowest BCUT2D eigenvalue weighted by atomic mass is 10.3. The molecule has 0 unspecified atom stereocenters. The Morgan fingerprint density at radius 3 is 2.52 bits per heavy atom. The zero-order valence-corrected chi connectivity index (χ0v) is 17.0. The third-order valence-electron chi connectivity index (χ3n) is 3.76. The summed E-state index contributed by atoms with van der Waals surface area (Å²) in [6.07, 6.45) is 3.36. The van der Waals surface area contributed by atoms with Crippen molar-refractivity contribution in [1.82, 2.24) is 19.9 Å². The molecule has 11 heteroatoms. The molecule has 0 spiro atoms. The Labute approximate surface area is 173 Å². The summed E-state index contributed by atoms with van der Waals surface area (Å²) in [5.74, 6) is 1.50. The van der Waals surface area contributed by atoms with E-state index in [9.17, 15) is 8.42 Å². The molecule has 29 heavy (non-hydrogen) atoms. The highest BCUT2D eigenvalue weighted by molar-refractivity contribution is 7.89. The monoisotopic (exact) mass is 434 g/mol. The van der Waals surface area contributed by atoms with Gasteiger partial charge in [0.25, 0.3) is 0 Å². The van der Waals surface area contributed by atoms with Crippen molar-refractivity contribution in [2.45, 2.75) is 4.90 Å². The van der Waals surface area contributed by atoms with Crippen LogP contribution in [-0.2, 0) is 10.0 Å². The maximum Gasteiger partial charge on any atom is 0.240 e. The molecule has 3 rings (SSSR count). The first kappa shape index (κ1) is 20.8. The zero-order valence-electron chi connectivity index (χ0n) is 15.5.